The lowest BCUT2D eigenvalue weighted by Crippen LogP contribution is -2.52. The summed E-state index contributed by atoms with van der Waals surface area (Å²) in [6.45, 7) is 1.52. The first-order valence-electron chi connectivity index (χ1n) is 6.83. The Bertz CT molecular complexity index is 626. The number of nitrogens with one attached hydrogen (secondary N) is 2. The van der Waals surface area contributed by atoms with Crippen LogP contribution in [0.4, 0.5) is 0 Å². The Morgan fingerprint density at radius 3 is 2.78 bits per heavy atom. The first-order chi connectivity index (χ1) is 10.4. The first-order valence-corrected chi connectivity index (χ1v) is 9.19. The Balaban J connectivity index is 0.00000264. The molecule has 1 saturated heterocycles. The minimum atomic E-state index is -3.67. The van der Waals surface area contributed by atoms with Crippen LogP contribution in [0, 0.1) is 0 Å². The summed E-state index contributed by atoms with van der Waals surface area (Å²) in [5, 5.41) is 4.73. The van der Waals surface area contributed by atoms with Gasteiger partial charge in [-0.15, -0.1) is 23.7 Å². The van der Waals surface area contributed by atoms with Crippen molar-refractivity contribution in [3.63, 3.8) is 0 Å². The van der Waals surface area contributed by atoms with Crippen molar-refractivity contribution >= 4 is 39.7 Å². The molecule has 10 heteroatoms. The van der Waals surface area contributed by atoms with Gasteiger partial charge in [0.1, 0.15) is 4.88 Å². The molecule has 1 atom stereocenters. The third-order valence-electron chi connectivity index (χ3n) is 3.63. The van der Waals surface area contributed by atoms with Crippen molar-refractivity contribution in [3.05, 3.63) is 16.3 Å². The molecule has 2 N–H and O–H groups in total. The van der Waals surface area contributed by atoms with Gasteiger partial charge in [0.25, 0.3) is 0 Å². The van der Waals surface area contributed by atoms with Gasteiger partial charge in [-0.2, -0.15) is 0 Å². The van der Waals surface area contributed by atoms with Crippen LogP contribution in [0.1, 0.15) is 22.5 Å². The maximum Gasteiger partial charge on any atom is 0.348 e. The number of ether oxygens (including phenoxy) is 2. The molecule has 2 heterocycles. The molecule has 1 aromatic rings. The average molecular weight is 385 g/mol. The number of carbonyl (C=O) groups is 1. The van der Waals surface area contributed by atoms with Crippen molar-refractivity contribution in [3.8, 4) is 0 Å². The second-order valence-corrected chi connectivity index (χ2v) is 7.88. The number of esters is 1. The summed E-state index contributed by atoms with van der Waals surface area (Å²) in [4.78, 5) is 11.7. The van der Waals surface area contributed by atoms with Crippen LogP contribution in [0.5, 0.6) is 0 Å². The van der Waals surface area contributed by atoms with Crippen LogP contribution in [0.2, 0.25) is 0 Å². The molecule has 1 aliphatic heterocycles. The maximum atomic E-state index is 12.3. The molecule has 0 radical (unpaired) electrons. The quantitative estimate of drug-likeness (QED) is 0.681. The Hall–Kier alpha value is -0.710. The zero-order chi connectivity index (χ0) is 16.2. The van der Waals surface area contributed by atoms with Gasteiger partial charge in [-0.25, -0.2) is 17.9 Å². The molecule has 2 rings (SSSR count). The number of sulfonamides is 1. The molecule has 0 aliphatic carbocycles. The van der Waals surface area contributed by atoms with Gasteiger partial charge < -0.3 is 14.8 Å². The highest BCUT2D eigenvalue weighted by molar-refractivity contribution is 7.89. The van der Waals surface area contributed by atoms with Crippen LogP contribution in [0.25, 0.3) is 0 Å². The number of halogens is 1. The average Bonchev–Trinajstić information content (AvgIpc) is 3.15. The van der Waals surface area contributed by atoms with Crippen molar-refractivity contribution in [1.82, 2.24) is 10.0 Å². The van der Waals surface area contributed by atoms with E-state index in [1.165, 1.54) is 18.6 Å². The van der Waals surface area contributed by atoms with Gasteiger partial charge in [-0.1, -0.05) is 0 Å². The predicted molar refractivity (Wildman–Crippen MR) is 89.9 cm³/mol. The van der Waals surface area contributed by atoms with E-state index in [0.29, 0.717) is 6.61 Å². The van der Waals surface area contributed by atoms with Crippen molar-refractivity contribution in [2.75, 3.05) is 33.9 Å². The molecule has 1 aromatic heterocycles. The highest BCUT2D eigenvalue weighted by Crippen LogP contribution is 2.22. The van der Waals surface area contributed by atoms with Crippen molar-refractivity contribution < 1.29 is 22.7 Å². The van der Waals surface area contributed by atoms with E-state index in [2.05, 4.69) is 14.8 Å². The number of hydrogen-bond acceptors (Lipinski definition) is 7. The van der Waals surface area contributed by atoms with E-state index in [-0.39, 0.29) is 34.3 Å². The maximum absolute atomic E-state index is 12.3. The lowest BCUT2D eigenvalue weighted by atomic mass is 9.99. The van der Waals surface area contributed by atoms with Crippen LogP contribution in [0.3, 0.4) is 0 Å². The van der Waals surface area contributed by atoms with E-state index in [9.17, 15) is 13.2 Å². The fraction of sp³-hybridized carbons (Fsp3) is 0.615. The molecule has 23 heavy (non-hydrogen) atoms. The fourth-order valence-electron chi connectivity index (χ4n) is 2.45. The molecular formula is C13H21ClN2O5S2. The Labute approximate surface area is 146 Å². The molecule has 0 spiro atoms. The van der Waals surface area contributed by atoms with Gasteiger partial charge in [-0.05, 0) is 25.5 Å². The Morgan fingerprint density at radius 1 is 1.48 bits per heavy atom. The van der Waals surface area contributed by atoms with Gasteiger partial charge in [0, 0.05) is 19.0 Å². The van der Waals surface area contributed by atoms with Crippen LogP contribution >= 0.6 is 23.7 Å². The minimum Gasteiger partial charge on any atom is -0.465 e. The van der Waals surface area contributed by atoms with Crippen LogP contribution in [-0.4, -0.2) is 53.8 Å². The summed E-state index contributed by atoms with van der Waals surface area (Å²) >= 11 is 1.04. The summed E-state index contributed by atoms with van der Waals surface area (Å²) in [7, 11) is -0.814. The highest BCUT2D eigenvalue weighted by Gasteiger charge is 2.35. The summed E-state index contributed by atoms with van der Waals surface area (Å²) in [6.07, 6.45) is 1.83. The standard InChI is InChI=1S/C13H20N2O5S2.ClH/c1-19-9-13(4-3-5-14-13)8-15-22(17,18)10-6-11(21-7-10)12(16)20-2;/h6-7,14-15H,3-5,8-9H2,1-2H3;1H. The second kappa shape index (κ2) is 8.41. The van der Waals surface area contributed by atoms with Crippen molar-refractivity contribution in [1.29, 1.82) is 0 Å². The summed E-state index contributed by atoms with van der Waals surface area (Å²) in [5.74, 6) is -0.542. The van der Waals surface area contributed by atoms with Gasteiger partial charge in [0.05, 0.1) is 24.2 Å². The van der Waals surface area contributed by atoms with Crippen LogP contribution in [-0.2, 0) is 19.5 Å². The molecule has 1 aliphatic rings. The van der Waals surface area contributed by atoms with Gasteiger partial charge in [0.15, 0.2) is 0 Å². The first kappa shape index (κ1) is 20.3. The third kappa shape index (κ3) is 4.88. The van der Waals surface area contributed by atoms with Crippen LogP contribution in [0.15, 0.2) is 16.3 Å². The predicted octanol–water partition coefficient (Wildman–Crippen LogP) is 1.00. The van der Waals surface area contributed by atoms with Gasteiger partial charge in [-0.3, -0.25) is 0 Å². The smallest absolute Gasteiger partial charge is 0.348 e. The summed E-state index contributed by atoms with van der Waals surface area (Å²) < 4.78 is 37.0. The molecule has 1 unspecified atom stereocenters. The summed E-state index contributed by atoms with van der Waals surface area (Å²) in [6, 6.07) is 1.32. The molecule has 0 saturated carbocycles. The van der Waals surface area contributed by atoms with E-state index in [1.807, 2.05) is 0 Å². The molecule has 1 fully saturated rings. The lowest BCUT2D eigenvalue weighted by molar-refractivity contribution is 0.0606. The number of carbonyl (C=O) groups excluding carboxylic acids is 1. The third-order valence-corrected chi connectivity index (χ3v) is 6.07. The van der Waals surface area contributed by atoms with E-state index < -0.39 is 16.0 Å². The van der Waals surface area contributed by atoms with E-state index >= 15 is 0 Å². The van der Waals surface area contributed by atoms with E-state index in [4.69, 9.17) is 4.74 Å². The zero-order valence-electron chi connectivity index (χ0n) is 13.0. The Kier molecular flexibility index (Phi) is 7.43. The van der Waals surface area contributed by atoms with Gasteiger partial charge >= 0.3 is 5.97 Å². The fourth-order valence-corrected chi connectivity index (χ4v) is 4.77. The molecule has 0 aromatic carbocycles. The van der Waals surface area contributed by atoms with Crippen molar-refractivity contribution in [2.24, 2.45) is 0 Å². The molecule has 0 amide bonds. The Morgan fingerprint density at radius 2 is 2.22 bits per heavy atom. The number of rotatable bonds is 7. The van der Waals surface area contributed by atoms with Gasteiger partial charge in [0.2, 0.25) is 10.0 Å². The van der Waals surface area contributed by atoms with E-state index in [1.54, 1.807) is 7.11 Å². The molecule has 7 nitrogen and oxygen atoms in total. The highest BCUT2D eigenvalue weighted by atomic mass is 35.5. The van der Waals surface area contributed by atoms with Crippen molar-refractivity contribution in [2.45, 2.75) is 23.3 Å². The second-order valence-electron chi connectivity index (χ2n) is 5.21. The topological polar surface area (TPSA) is 93.7 Å². The number of thiophene rings is 1. The summed E-state index contributed by atoms with van der Waals surface area (Å²) in [5.41, 5.74) is -0.372. The SMILES string of the molecule is COCC1(CNS(=O)(=O)c2csc(C(=O)OC)c2)CCCN1.Cl. The molecule has 0 bridgehead atoms. The monoisotopic (exact) mass is 384 g/mol. The normalized spacial score (nSPS) is 21.0. The molecule has 132 valence electrons. The largest absolute Gasteiger partial charge is 0.465 e. The zero-order valence-corrected chi connectivity index (χ0v) is 15.4. The number of hydrogen-bond donors (Lipinski definition) is 2. The minimum absolute atomic E-state index is 0. The lowest BCUT2D eigenvalue weighted by Gasteiger charge is -2.28. The molecular weight excluding hydrogens is 364 g/mol. The number of methoxy groups -OCH3 is 2. The van der Waals surface area contributed by atoms with Crippen LogP contribution < -0.4 is 10.0 Å². The van der Waals surface area contributed by atoms with E-state index in [0.717, 1.165) is 30.7 Å².